The molecule has 0 heterocycles. The predicted octanol–water partition coefficient (Wildman–Crippen LogP) is -0.820. The highest BCUT2D eigenvalue weighted by Gasteiger charge is 1.88. The Hall–Kier alpha value is -0.660. The van der Waals surface area contributed by atoms with Crippen LogP contribution in [0.5, 0.6) is 0 Å². The molecule has 0 aromatic carbocycles. The van der Waals surface area contributed by atoms with E-state index in [-0.39, 0.29) is 5.91 Å². The van der Waals surface area contributed by atoms with E-state index in [1.54, 1.807) is 21.3 Å². The molecule has 0 spiro atoms. The molecule has 0 bridgehead atoms. The van der Waals surface area contributed by atoms with E-state index in [9.17, 15) is 13.2 Å². The SMILES string of the molecule is CNC(C)=O.CNS(C)(=O)=O.COC. The second kappa shape index (κ2) is 12.3. The largest absolute Gasteiger partial charge is 0.388 e. The molecule has 0 aliphatic heterocycles. The second-order valence-corrected chi connectivity index (χ2v) is 4.14. The molecule has 0 aliphatic carbocycles. The third kappa shape index (κ3) is 64.4. The van der Waals surface area contributed by atoms with Crippen molar-refractivity contribution in [1.82, 2.24) is 10.0 Å². The summed E-state index contributed by atoms with van der Waals surface area (Å²) in [5.74, 6) is 0.00463. The maximum atomic E-state index is 9.89. The third-order valence-electron chi connectivity index (χ3n) is 0.723. The first kappa shape index (κ1) is 19.0. The van der Waals surface area contributed by atoms with Crippen molar-refractivity contribution in [2.24, 2.45) is 0 Å². The zero-order valence-electron chi connectivity index (χ0n) is 9.54. The highest BCUT2D eigenvalue weighted by molar-refractivity contribution is 7.88. The van der Waals surface area contributed by atoms with Crippen LogP contribution < -0.4 is 10.0 Å². The fourth-order valence-corrected chi connectivity index (χ4v) is 0. The Bertz CT molecular complexity index is 214. The first-order valence-corrected chi connectivity index (χ1v) is 5.61. The van der Waals surface area contributed by atoms with Crippen LogP contribution in [0.2, 0.25) is 0 Å². The van der Waals surface area contributed by atoms with Crippen molar-refractivity contribution in [3.05, 3.63) is 0 Å². The van der Waals surface area contributed by atoms with Gasteiger partial charge in [0.05, 0.1) is 6.26 Å². The maximum absolute atomic E-state index is 9.89. The van der Waals surface area contributed by atoms with Gasteiger partial charge >= 0.3 is 0 Å². The molecule has 0 aliphatic rings. The minimum Gasteiger partial charge on any atom is -0.388 e. The number of methoxy groups -OCH3 is 1. The number of amides is 1. The van der Waals surface area contributed by atoms with Gasteiger partial charge in [-0.25, -0.2) is 13.1 Å². The van der Waals surface area contributed by atoms with Gasteiger partial charge in [0.1, 0.15) is 0 Å². The van der Waals surface area contributed by atoms with Crippen molar-refractivity contribution in [2.75, 3.05) is 34.6 Å². The van der Waals surface area contributed by atoms with E-state index in [0.29, 0.717) is 0 Å². The quantitative estimate of drug-likeness (QED) is 0.614. The summed E-state index contributed by atoms with van der Waals surface area (Å²) in [5, 5.41) is 2.39. The summed E-state index contributed by atoms with van der Waals surface area (Å²) >= 11 is 0. The zero-order chi connectivity index (χ0) is 12.2. The van der Waals surface area contributed by atoms with Crippen LogP contribution in [-0.4, -0.2) is 48.9 Å². The van der Waals surface area contributed by atoms with Crippen molar-refractivity contribution in [2.45, 2.75) is 6.92 Å². The van der Waals surface area contributed by atoms with Crippen LogP contribution in [0.25, 0.3) is 0 Å². The fraction of sp³-hybridized carbons (Fsp3) is 0.857. The maximum Gasteiger partial charge on any atom is 0.216 e. The molecule has 6 nitrogen and oxygen atoms in total. The van der Waals surface area contributed by atoms with Gasteiger partial charge in [0.15, 0.2) is 0 Å². The number of rotatable bonds is 1. The molecule has 0 fully saturated rings. The Morgan fingerprint density at radius 2 is 1.36 bits per heavy atom. The minimum atomic E-state index is -2.91. The fourth-order valence-electron chi connectivity index (χ4n) is 0. The molecule has 0 aromatic heterocycles. The lowest BCUT2D eigenvalue weighted by Gasteiger charge is -1.85. The molecule has 1 amide bonds. The smallest absolute Gasteiger partial charge is 0.216 e. The van der Waals surface area contributed by atoms with Crippen LogP contribution in [-0.2, 0) is 19.6 Å². The summed E-state index contributed by atoms with van der Waals surface area (Å²) in [6.07, 6.45) is 1.10. The molecule has 0 rings (SSSR count). The van der Waals surface area contributed by atoms with Crippen LogP contribution in [0.4, 0.5) is 0 Å². The Labute approximate surface area is 86.1 Å². The highest BCUT2D eigenvalue weighted by Crippen LogP contribution is 1.62. The van der Waals surface area contributed by atoms with Crippen molar-refractivity contribution in [1.29, 1.82) is 0 Å². The van der Waals surface area contributed by atoms with Gasteiger partial charge in [-0.05, 0) is 7.05 Å². The van der Waals surface area contributed by atoms with Crippen LogP contribution >= 0.6 is 0 Å². The molecule has 0 radical (unpaired) electrons. The molecule has 88 valence electrons. The van der Waals surface area contributed by atoms with Crippen LogP contribution in [0.3, 0.4) is 0 Å². The summed E-state index contributed by atoms with van der Waals surface area (Å²) in [7, 11) is 3.31. The van der Waals surface area contributed by atoms with Crippen molar-refractivity contribution in [3.63, 3.8) is 0 Å². The number of carbonyl (C=O) groups excluding carboxylic acids is 1. The van der Waals surface area contributed by atoms with E-state index in [4.69, 9.17) is 0 Å². The monoisotopic (exact) mass is 228 g/mol. The van der Waals surface area contributed by atoms with Gasteiger partial charge in [0.2, 0.25) is 15.9 Å². The molecular formula is C7H20N2O4S. The second-order valence-electron chi connectivity index (χ2n) is 2.19. The molecule has 0 aromatic rings. The number of sulfonamides is 1. The lowest BCUT2D eigenvalue weighted by molar-refractivity contribution is -0.118. The van der Waals surface area contributed by atoms with Gasteiger partial charge in [-0.3, -0.25) is 4.79 Å². The minimum absolute atomic E-state index is 0.00463. The number of ether oxygens (including phenoxy) is 1. The Morgan fingerprint density at radius 3 is 1.36 bits per heavy atom. The van der Waals surface area contributed by atoms with E-state index in [0.717, 1.165) is 6.26 Å². The molecule has 0 saturated heterocycles. The molecule has 0 saturated carbocycles. The average Bonchev–Trinajstić information content (AvgIpc) is 2.06. The summed E-state index contributed by atoms with van der Waals surface area (Å²) < 4.78 is 26.1. The standard InChI is InChI=1S/C3H7NO.C2H7NO2S.C2H6O/c1-3(5)4-2;1-3-6(2,4)5;1-3-2/h1-2H3,(H,4,5);3H,1-2H3;1-2H3. The van der Waals surface area contributed by atoms with Gasteiger partial charge in [0, 0.05) is 28.2 Å². The highest BCUT2D eigenvalue weighted by atomic mass is 32.2. The number of nitrogens with one attached hydrogen (secondary N) is 2. The number of hydrogen-bond acceptors (Lipinski definition) is 4. The predicted molar refractivity (Wildman–Crippen MR) is 56.6 cm³/mol. The van der Waals surface area contributed by atoms with E-state index >= 15 is 0 Å². The topological polar surface area (TPSA) is 84.5 Å². The molecule has 14 heavy (non-hydrogen) atoms. The molecule has 0 atom stereocenters. The van der Waals surface area contributed by atoms with Gasteiger partial charge in [-0.1, -0.05) is 0 Å². The third-order valence-corrected chi connectivity index (χ3v) is 1.46. The Morgan fingerprint density at radius 1 is 1.21 bits per heavy atom. The van der Waals surface area contributed by atoms with Gasteiger partial charge in [-0.2, -0.15) is 0 Å². The summed E-state index contributed by atoms with van der Waals surface area (Å²) in [4.78, 5) is 9.70. The normalized spacial score (nSPS) is 8.71. The first-order valence-electron chi connectivity index (χ1n) is 3.72. The van der Waals surface area contributed by atoms with E-state index in [1.807, 2.05) is 0 Å². The van der Waals surface area contributed by atoms with Crippen molar-refractivity contribution in [3.8, 4) is 0 Å². The van der Waals surface area contributed by atoms with Gasteiger partial charge in [-0.15, -0.1) is 0 Å². The first-order chi connectivity index (χ1) is 6.24. The summed E-state index contributed by atoms with van der Waals surface area (Å²) in [6.45, 7) is 1.47. The Kier molecular flexibility index (Phi) is 16.7. The molecule has 0 unspecified atom stereocenters. The van der Waals surface area contributed by atoms with Crippen LogP contribution in [0.1, 0.15) is 6.92 Å². The lowest BCUT2D eigenvalue weighted by atomic mass is 10.7. The summed E-state index contributed by atoms with van der Waals surface area (Å²) in [5.41, 5.74) is 0. The van der Waals surface area contributed by atoms with Crippen molar-refractivity contribution < 1.29 is 17.9 Å². The number of hydrogen-bond donors (Lipinski definition) is 2. The number of carbonyl (C=O) groups is 1. The van der Waals surface area contributed by atoms with Crippen molar-refractivity contribution >= 4 is 15.9 Å². The molecular weight excluding hydrogens is 208 g/mol. The summed E-state index contributed by atoms with van der Waals surface area (Å²) in [6, 6.07) is 0. The van der Waals surface area contributed by atoms with E-state index < -0.39 is 10.0 Å². The van der Waals surface area contributed by atoms with Crippen LogP contribution in [0.15, 0.2) is 0 Å². The van der Waals surface area contributed by atoms with E-state index in [2.05, 4.69) is 14.8 Å². The van der Waals surface area contributed by atoms with Gasteiger partial charge in [0.25, 0.3) is 0 Å². The Balaban J connectivity index is -0.000000138. The van der Waals surface area contributed by atoms with Crippen LogP contribution in [0, 0.1) is 0 Å². The van der Waals surface area contributed by atoms with Gasteiger partial charge < -0.3 is 10.1 Å². The average molecular weight is 228 g/mol. The zero-order valence-corrected chi connectivity index (χ0v) is 10.4. The van der Waals surface area contributed by atoms with E-state index in [1.165, 1.54) is 14.0 Å². The molecule has 7 heteroatoms. The molecule has 2 N–H and O–H groups in total. The lowest BCUT2D eigenvalue weighted by Crippen LogP contribution is -2.15.